The number of thiophene rings is 1. The van der Waals surface area contributed by atoms with Crippen molar-refractivity contribution in [3.8, 4) is 0 Å². The van der Waals surface area contributed by atoms with Crippen LogP contribution in [0.2, 0.25) is 0 Å². The van der Waals surface area contributed by atoms with Crippen LogP contribution < -0.4 is 10.2 Å². The van der Waals surface area contributed by atoms with Gasteiger partial charge in [-0.15, -0.1) is 11.3 Å². The minimum Gasteiger partial charge on any atom is -0.370 e. The summed E-state index contributed by atoms with van der Waals surface area (Å²) in [4.78, 5) is 18.1. The molecule has 1 N–H and O–H groups in total. The average molecular weight is 371 g/mol. The maximum Gasteiger partial charge on any atom is 0.276 e. The summed E-state index contributed by atoms with van der Waals surface area (Å²) in [5.74, 6) is 1.09. The van der Waals surface area contributed by atoms with Gasteiger partial charge in [0.1, 0.15) is 11.6 Å². The Bertz CT molecular complexity index is 647. The number of hydrogen-bond acceptors (Lipinski definition) is 6. The van der Waals surface area contributed by atoms with Gasteiger partial charge in [-0.3, -0.25) is 10.1 Å². The quantitative estimate of drug-likeness (QED) is 0.616. The maximum atomic E-state index is 11.0. The molecule has 0 aliphatic heterocycles. The van der Waals surface area contributed by atoms with Crippen LogP contribution in [0.15, 0.2) is 28.1 Å². The van der Waals surface area contributed by atoms with Crippen LogP contribution in [0.1, 0.15) is 11.8 Å². The summed E-state index contributed by atoms with van der Waals surface area (Å²) in [6, 6.07) is 4.97. The molecule has 0 saturated heterocycles. The van der Waals surface area contributed by atoms with E-state index in [0.29, 0.717) is 24.7 Å². The summed E-state index contributed by atoms with van der Waals surface area (Å²) in [7, 11) is 1.87. The number of hydrogen-bond donors (Lipinski definition) is 1. The Morgan fingerprint density at radius 3 is 2.81 bits per heavy atom. The first-order chi connectivity index (χ1) is 9.99. The lowest BCUT2D eigenvalue weighted by Gasteiger charge is -2.18. The summed E-state index contributed by atoms with van der Waals surface area (Å²) < 4.78 is 1.04. The van der Waals surface area contributed by atoms with E-state index in [0.717, 1.165) is 9.35 Å². The largest absolute Gasteiger partial charge is 0.370 e. The summed E-state index contributed by atoms with van der Waals surface area (Å²) >= 11 is 5.05. The van der Waals surface area contributed by atoms with Crippen LogP contribution in [0.4, 0.5) is 17.3 Å². The van der Waals surface area contributed by atoms with Gasteiger partial charge in [0, 0.05) is 28.3 Å². The van der Waals surface area contributed by atoms with E-state index in [-0.39, 0.29) is 5.69 Å². The van der Waals surface area contributed by atoms with Gasteiger partial charge in [-0.05, 0) is 28.9 Å². The van der Waals surface area contributed by atoms with Gasteiger partial charge in [-0.25, -0.2) is 4.98 Å². The van der Waals surface area contributed by atoms with E-state index in [1.54, 1.807) is 11.3 Å². The zero-order chi connectivity index (χ0) is 15.4. The monoisotopic (exact) mass is 370 g/mol. The van der Waals surface area contributed by atoms with Crippen molar-refractivity contribution in [2.75, 3.05) is 23.8 Å². The number of nitro groups is 1. The fourth-order valence-corrected chi connectivity index (χ4v) is 3.33. The lowest BCUT2D eigenvalue weighted by Crippen LogP contribution is -2.18. The number of anilines is 2. The van der Waals surface area contributed by atoms with Crippen molar-refractivity contribution in [1.29, 1.82) is 0 Å². The van der Waals surface area contributed by atoms with Crippen molar-refractivity contribution in [3.05, 3.63) is 43.0 Å². The van der Waals surface area contributed by atoms with Crippen LogP contribution >= 0.6 is 27.3 Å². The number of pyridine rings is 1. The SMILES string of the molecule is CCNc1cc([N+](=O)[O-])cc(N(C)Cc2cc(Br)cs2)n1. The number of aromatic nitrogens is 1. The summed E-state index contributed by atoms with van der Waals surface area (Å²) in [6.45, 7) is 3.23. The molecule has 2 aromatic heterocycles. The number of rotatable bonds is 6. The highest BCUT2D eigenvalue weighted by Gasteiger charge is 2.14. The number of nitrogens with one attached hydrogen (secondary N) is 1. The highest BCUT2D eigenvalue weighted by Crippen LogP contribution is 2.26. The molecule has 2 aromatic rings. The molecule has 0 saturated carbocycles. The molecule has 0 fully saturated rings. The van der Waals surface area contributed by atoms with Gasteiger partial charge in [-0.2, -0.15) is 0 Å². The average Bonchev–Trinajstić information content (AvgIpc) is 2.84. The number of nitrogens with zero attached hydrogens (tertiary/aromatic N) is 3. The van der Waals surface area contributed by atoms with Gasteiger partial charge in [0.2, 0.25) is 0 Å². The lowest BCUT2D eigenvalue weighted by molar-refractivity contribution is -0.384. The first-order valence-electron chi connectivity index (χ1n) is 6.34. The smallest absolute Gasteiger partial charge is 0.276 e. The highest BCUT2D eigenvalue weighted by molar-refractivity contribution is 9.10. The van der Waals surface area contributed by atoms with Crippen molar-refractivity contribution in [2.45, 2.75) is 13.5 Å². The first-order valence-corrected chi connectivity index (χ1v) is 8.01. The van der Waals surface area contributed by atoms with Crippen molar-refractivity contribution in [3.63, 3.8) is 0 Å². The second-order valence-corrected chi connectivity index (χ2v) is 6.35. The Labute approximate surface area is 135 Å². The summed E-state index contributed by atoms with van der Waals surface area (Å²) in [5.41, 5.74) is 0.0372. The Morgan fingerprint density at radius 2 is 2.24 bits per heavy atom. The molecule has 0 bridgehead atoms. The van der Waals surface area contributed by atoms with E-state index in [1.165, 1.54) is 12.1 Å². The van der Waals surface area contributed by atoms with Crippen molar-refractivity contribution >= 4 is 44.6 Å². The Morgan fingerprint density at radius 1 is 1.48 bits per heavy atom. The summed E-state index contributed by atoms with van der Waals surface area (Å²) in [6.07, 6.45) is 0. The van der Waals surface area contributed by atoms with Gasteiger partial charge >= 0.3 is 0 Å². The molecular weight excluding hydrogens is 356 g/mol. The second-order valence-electron chi connectivity index (χ2n) is 4.44. The van der Waals surface area contributed by atoms with Crippen molar-refractivity contribution in [2.24, 2.45) is 0 Å². The van der Waals surface area contributed by atoms with Crippen LogP contribution in [0, 0.1) is 10.1 Å². The predicted octanol–water partition coefficient (Wildman–Crippen LogP) is 3.88. The minimum atomic E-state index is -0.401. The van der Waals surface area contributed by atoms with E-state index in [1.807, 2.05) is 30.3 Å². The van der Waals surface area contributed by atoms with Gasteiger partial charge in [-0.1, -0.05) is 0 Å². The van der Waals surface area contributed by atoms with E-state index in [9.17, 15) is 10.1 Å². The molecular formula is C13H15BrN4O2S. The molecule has 2 rings (SSSR count). The molecule has 21 heavy (non-hydrogen) atoms. The van der Waals surface area contributed by atoms with Gasteiger partial charge in [0.05, 0.1) is 23.6 Å². The van der Waals surface area contributed by atoms with Gasteiger partial charge in [0.25, 0.3) is 5.69 Å². The molecule has 6 nitrogen and oxygen atoms in total. The van der Waals surface area contributed by atoms with Crippen LogP contribution in [0.25, 0.3) is 0 Å². The Kier molecular flexibility index (Phi) is 5.13. The molecule has 0 radical (unpaired) electrons. The minimum absolute atomic E-state index is 0.0372. The molecule has 2 heterocycles. The standard InChI is InChI=1S/C13H15BrN4O2S/c1-3-15-12-5-10(18(19)20)6-13(16-12)17(2)7-11-4-9(14)8-21-11/h4-6,8H,3,7H2,1-2H3,(H,15,16). The molecule has 0 aliphatic carbocycles. The van der Waals surface area contributed by atoms with Crippen LogP contribution in [-0.2, 0) is 6.54 Å². The lowest BCUT2D eigenvalue weighted by atomic mass is 10.3. The van der Waals surface area contributed by atoms with Crippen LogP contribution in [0.5, 0.6) is 0 Å². The van der Waals surface area contributed by atoms with E-state index in [4.69, 9.17) is 0 Å². The zero-order valence-electron chi connectivity index (χ0n) is 11.7. The molecule has 0 spiro atoms. The first kappa shape index (κ1) is 15.7. The molecule has 0 aliphatic rings. The van der Waals surface area contributed by atoms with E-state index < -0.39 is 4.92 Å². The fraction of sp³-hybridized carbons (Fsp3) is 0.308. The molecule has 112 valence electrons. The van der Waals surface area contributed by atoms with Crippen LogP contribution in [0.3, 0.4) is 0 Å². The van der Waals surface area contributed by atoms with Crippen molar-refractivity contribution < 1.29 is 4.92 Å². The molecule has 0 aromatic carbocycles. The van der Waals surface area contributed by atoms with E-state index in [2.05, 4.69) is 26.2 Å². The molecule has 0 amide bonds. The summed E-state index contributed by atoms with van der Waals surface area (Å²) in [5, 5.41) is 16.0. The second kappa shape index (κ2) is 6.86. The van der Waals surface area contributed by atoms with Gasteiger partial charge < -0.3 is 10.2 Å². The number of halogens is 1. The maximum absolute atomic E-state index is 11.0. The van der Waals surface area contributed by atoms with Crippen LogP contribution in [-0.4, -0.2) is 23.5 Å². The Balaban J connectivity index is 2.26. The predicted molar refractivity (Wildman–Crippen MR) is 89.2 cm³/mol. The van der Waals surface area contributed by atoms with Crippen molar-refractivity contribution in [1.82, 2.24) is 4.98 Å². The third-order valence-corrected chi connectivity index (χ3v) is 4.45. The molecule has 0 unspecified atom stereocenters. The third kappa shape index (κ3) is 4.15. The highest BCUT2D eigenvalue weighted by atomic mass is 79.9. The zero-order valence-corrected chi connectivity index (χ0v) is 14.1. The Hall–Kier alpha value is -1.67. The fourth-order valence-electron chi connectivity index (χ4n) is 1.83. The molecule has 0 atom stereocenters. The van der Waals surface area contributed by atoms with Gasteiger partial charge in [0.15, 0.2) is 0 Å². The third-order valence-electron chi connectivity index (χ3n) is 2.77. The van der Waals surface area contributed by atoms with E-state index >= 15 is 0 Å². The molecule has 8 heteroatoms. The topological polar surface area (TPSA) is 71.3 Å². The normalized spacial score (nSPS) is 10.4.